The van der Waals surface area contributed by atoms with E-state index in [0.29, 0.717) is 27.3 Å². The molecule has 3 aromatic rings. The summed E-state index contributed by atoms with van der Waals surface area (Å²) in [4.78, 5) is 12.7. The molecule has 0 bridgehead atoms. The highest BCUT2D eigenvalue weighted by Crippen LogP contribution is 2.29. The van der Waals surface area contributed by atoms with E-state index in [4.69, 9.17) is 11.6 Å². The Hall–Kier alpha value is -2.07. The van der Waals surface area contributed by atoms with Crippen LogP contribution in [-0.4, -0.2) is 15.0 Å². The Morgan fingerprint density at radius 2 is 1.95 bits per heavy atom. The number of hydrogen-bond donors (Lipinski definition) is 0. The molecule has 0 unspecified atom stereocenters. The topological polar surface area (TPSA) is 38.7 Å². The highest BCUT2D eigenvalue weighted by atomic mass is 35.5. The zero-order valence-corrected chi connectivity index (χ0v) is 10.8. The molecule has 0 fully saturated rings. The fraction of sp³-hybridized carbons (Fsp3) is 0.0714. The van der Waals surface area contributed by atoms with Gasteiger partial charge in [-0.25, -0.2) is 14.4 Å². The maximum absolute atomic E-state index is 14.0. The molecule has 0 aliphatic heterocycles. The van der Waals surface area contributed by atoms with E-state index in [1.807, 2.05) is 6.92 Å². The molecule has 2 heterocycles. The van der Waals surface area contributed by atoms with Crippen molar-refractivity contribution >= 4 is 22.8 Å². The summed E-state index contributed by atoms with van der Waals surface area (Å²) in [5.41, 5.74) is 2.96. The Bertz CT molecular complexity index is 774. The van der Waals surface area contributed by atoms with Gasteiger partial charge in [0.1, 0.15) is 11.3 Å². The maximum Gasteiger partial charge on any atom is 0.179 e. The zero-order valence-electron chi connectivity index (χ0n) is 10.1. The molecule has 94 valence electrons. The van der Waals surface area contributed by atoms with E-state index in [9.17, 15) is 4.39 Å². The number of halogens is 2. The summed E-state index contributed by atoms with van der Waals surface area (Å²) in [5.74, 6) is -0.387. The first kappa shape index (κ1) is 12.0. The molecule has 0 aliphatic rings. The van der Waals surface area contributed by atoms with Crippen LogP contribution in [0.2, 0.25) is 5.02 Å². The van der Waals surface area contributed by atoms with E-state index in [0.717, 1.165) is 5.69 Å². The Morgan fingerprint density at radius 1 is 1.11 bits per heavy atom. The molecule has 0 saturated carbocycles. The highest BCUT2D eigenvalue weighted by Gasteiger charge is 2.11. The van der Waals surface area contributed by atoms with Gasteiger partial charge in [-0.05, 0) is 31.2 Å². The Morgan fingerprint density at radius 3 is 2.74 bits per heavy atom. The van der Waals surface area contributed by atoms with Crippen molar-refractivity contribution in [1.29, 1.82) is 0 Å². The first-order valence-corrected chi connectivity index (χ1v) is 6.07. The number of fused-ring (bicyclic) bond motifs is 1. The fourth-order valence-electron chi connectivity index (χ4n) is 1.93. The van der Waals surface area contributed by atoms with E-state index < -0.39 is 0 Å². The summed E-state index contributed by atoms with van der Waals surface area (Å²) in [7, 11) is 0. The smallest absolute Gasteiger partial charge is 0.179 e. The first-order valence-electron chi connectivity index (χ1n) is 5.69. The van der Waals surface area contributed by atoms with Crippen molar-refractivity contribution in [2.45, 2.75) is 6.92 Å². The second kappa shape index (κ2) is 4.55. The third kappa shape index (κ3) is 2.15. The molecule has 0 radical (unpaired) electrons. The van der Waals surface area contributed by atoms with Gasteiger partial charge in [0.25, 0.3) is 0 Å². The monoisotopic (exact) mass is 273 g/mol. The molecule has 2 aromatic heterocycles. The number of pyridine rings is 1. The molecule has 0 aliphatic carbocycles. The Kier molecular flexibility index (Phi) is 2.87. The van der Waals surface area contributed by atoms with E-state index in [-0.39, 0.29) is 5.82 Å². The summed E-state index contributed by atoms with van der Waals surface area (Å²) in [6.45, 7) is 1.84. The average molecular weight is 274 g/mol. The van der Waals surface area contributed by atoms with Gasteiger partial charge in [0, 0.05) is 28.5 Å². The van der Waals surface area contributed by atoms with E-state index >= 15 is 0 Å². The molecular weight excluding hydrogens is 265 g/mol. The van der Waals surface area contributed by atoms with Crippen LogP contribution < -0.4 is 0 Å². The van der Waals surface area contributed by atoms with Crippen molar-refractivity contribution in [3.8, 4) is 11.1 Å². The number of aryl methyl sites for hydroxylation is 1. The fourth-order valence-corrected chi connectivity index (χ4v) is 2.09. The van der Waals surface area contributed by atoms with Crippen molar-refractivity contribution in [2.24, 2.45) is 0 Å². The normalized spacial score (nSPS) is 10.9. The average Bonchev–Trinajstić information content (AvgIpc) is 2.38. The molecule has 5 heteroatoms. The second-order valence-corrected chi connectivity index (χ2v) is 4.60. The highest BCUT2D eigenvalue weighted by molar-refractivity contribution is 6.30. The third-order valence-electron chi connectivity index (χ3n) is 2.79. The van der Waals surface area contributed by atoms with Gasteiger partial charge in [0.2, 0.25) is 0 Å². The van der Waals surface area contributed by atoms with Crippen molar-refractivity contribution in [2.75, 3.05) is 0 Å². The number of hydrogen-bond acceptors (Lipinski definition) is 3. The van der Waals surface area contributed by atoms with Gasteiger partial charge in [0.05, 0.1) is 5.69 Å². The number of rotatable bonds is 1. The second-order valence-electron chi connectivity index (χ2n) is 4.17. The minimum atomic E-state index is -0.387. The van der Waals surface area contributed by atoms with Crippen LogP contribution in [0.15, 0.2) is 36.7 Å². The molecule has 0 spiro atoms. The van der Waals surface area contributed by atoms with Gasteiger partial charge in [0.15, 0.2) is 5.65 Å². The van der Waals surface area contributed by atoms with Crippen LogP contribution in [-0.2, 0) is 0 Å². The van der Waals surface area contributed by atoms with Crippen LogP contribution in [0, 0.1) is 12.7 Å². The van der Waals surface area contributed by atoms with Crippen LogP contribution in [0.3, 0.4) is 0 Å². The molecule has 3 rings (SSSR count). The summed E-state index contributed by atoms with van der Waals surface area (Å²) >= 11 is 5.76. The molecule has 0 amide bonds. The molecule has 0 saturated heterocycles. The molecule has 1 aromatic carbocycles. The van der Waals surface area contributed by atoms with E-state index in [2.05, 4.69) is 15.0 Å². The minimum absolute atomic E-state index is 0.363. The van der Waals surface area contributed by atoms with Crippen molar-refractivity contribution in [1.82, 2.24) is 15.0 Å². The third-order valence-corrected chi connectivity index (χ3v) is 3.02. The first-order chi connectivity index (χ1) is 9.15. The Balaban J connectivity index is 2.30. The summed E-state index contributed by atoms with van der Waals surface area (Å²) in [6.07, 6.45) is 3.24. The van der Waals surface area contributed by atoms with Crippen LogP contribution in [0.4, 0.5) is 4.39 Å². The van der Waals surface area contributed by atoms with Crippen LogP contribution in [0.5, 0.6) is 0 Å². The minimum Gasteiger partial charge on any atom is -0.250 e. The zero-order chi connectivity index (χ0) is 13.4. The van der Waals surface area contributed by atoms with E-state index in [1.54, 1.807) is 30.6 Å². The van der Waals surface area contributed by atoms with Gasteiger partial charge in [-0.2, -0.15) is 0 Å². The largest absolute Gasteiger partial charge is 0.250 e. The predicted octanol–water partition coefficient (Wildman–Crippen LogP) is 3.79. The van der Waals surface area contributed by atoms with Gasteiger partial charge in [-0.1, -0.05) is 11.6 Å². The van der Waals surface area contributed by atoms with E-state index in [1.165, 1.54) is 6.07 Å². The lowest BCUT2D eigenvalue weighted by molar-refractivity contribution is 0.631. The molecule has 0 N–H and O–H groups in total. The lowest BCUT2D eigenvalue weighted by Crippen LogP contribution is -1.94. The van der Waals surface area contributed by atoms with Gasteiger partial charge in [-0.15, -0.1) is 0 Å². The quantitative estimate of drug-likeness (QED) is 0.677. The van der Waals surface area contributed by atoms with Gasteiger partial charge < -0.3 is 0 Å². The molecule has 19 heavy (non-hydrogen) atoms. The van der Waals surface area contributed by atoms with Gasteiger partial charge in [-0.3, -0.25) is 4.98 Å². The Labute approximate surface area is 114 Å². The lowest BCUT2D eigenvalue weighted by atomic mass is 10.1. The van der Waals surface area contributed by atoms with Gasteiger partial charge >= 0.3 is 0 Å². The summed E-state index contributed by atoms with van der Waals surface area (Å²) in [6, 6.07) is 6.28. The van der Waals surface area contributed by atoms with Crippen molar-refractivity contribution < 1.29 is 4.39 Å². The van der Waals surface area contributed by atoms with Crippen LogP contribution in [0.1, 0.15) is 5.69 Å². The molecule has 0 atom stereocenters. The summed E-state index contributed by atoms with van der Waals surface area (Å²) < 4.78 is 14.0. The maximum atomic E-state index is 14.0. The lowest BCUT2D eigenvalue weighted by Gasteiger charge is -2.06. The van der Waals surface area contributed by atoms with Crippen molar-refractivity contribution in [3.05, 3.63) is 53.2 Å². The standard InChI is InChI=1S/C14H9ClFN3/c1-8-7-18-13-11(4-5-17-14(13)19-8)10-3-2-9(15)6-12(10)16/h2-7H,1H3. The predicted molar refractivity (Wildman–Crippen MR) is 72.5 cm³/mol. The number of nitrogens with zero attached hydrogens (tertiary/aromatic N) is 3. The van der Waals surface area contributed by atoms with Crippen LogP contribution in [0.25, 0.3) is 22.3 Å². The number of benzene rings is 1. The molecule has 3 nitrogen and oxygen atoms in total. The number of aromatic nitrogens is 3. The van der Waals surface area contributed by atoms with Crippen molar-refractivity contribution in [3.63, 3.8) is 0 Å². The SMILES string of the molecule is Cc1cnc2c(-c3ccc(Cl)cc3F)ccnc2n1. The molecular formula is C14H9ClFN3. The van der Waals surface area contributed by atoms with Crippen LogP contribution >= 0.6 is 11.6 Å². The summed E-state index contributed by atoms with van der Waals surface area (Å²) in [5, 5.41) is 0.363.